The van der Waals surface area contributed by atoms with Gasteiger partial charge < -0.3 is 50.4 Å². The van der Waals surface area contributed by atoms with Crippen LogP contribution in [0.1, 0.15) is 129 Å². The smallest absolute Gasteiger partial charge is 0.274 e. The summed E-state index contributed by atoms with van der Waals surface area (Å²) in [6.45, 7) is 6.70. The summed E-state index contributed by atoms with van der Waals surface area (Å²) in [5, 5.41) is 31.4. The highest BCUT2D eigenvalue weighted by Crippen LogP contribution is 2.43. The molecular weight excluding hydrogens is 877 g/mol. The minimum absolute atomic E-state index is 0.00601. The zero-order valence-corrected chi connectivity index (χ0v) is 35.9. The lowest BCUT2D eigenvalue weighted by atomic mass is 10.0. The molecule has 0 spiro atoms. The number of aromatic nitrogens is 2. The number of hydrogen-bond acceptors (Lipinski definition) is 10. The van der Waals surface area contributed by atoms with Crippen LogP contribution in [0, 0.1) is 23.3 Å². The first-order valence-electron chi connectivity index (χ1n) is 20.9. The van der Waals surface area contributed by atoms with Crippen molar-refractivity contribution in [2.45, 2.75) is 77.8 Å². The zero-order chi connectivity index (χ0) is 48.0. The molecular formula is C44H44F4N8O10. The number of nitrogens with one attached hydrogen (secondary N) is 4. The number of aromatic hydroxyl groups is 2. The van der Waals surface area contributed by atoms with Crippen LogP contribution in [0.4, 0.5) is 17.6 Å². The second-order valence-electron chi connectivity index (χ2n) is 16.1. The van der Waals surface area contributed by atoms with E-state index < -0.39 is 104 Å². The predicted octanol–water partition coefficient (Wildman–Crippen LogP) is 2.72. The second-order valence-corrected chi connectivity index (χ2v) is 16.1. The van der Waals surface area contributed by atoms with Gasteiger partial charge in [0.05, 0.1) is 35.6 Å². The standard InChI is InChI=1S/2C22H22F2N4O5/c2*1-3-27-9-13-7-15(26-10(2)29)17-16(19(30)20(31)18(22(27)33)28(13)17)21(32)25-8-11-4-5-12(23)6-14(11)24/h2*4-6,13,15,31H,3,7-9H2,1-2H3,(H,25,32)(H,26,29)/t13-,15+;13-,15-/m00/s1. The highest BCUT2D eigenvalue weighted by molar-refractivity contribution is 6.02. The number of rotatable bonds is 10. The van der Waals surface area contributed by atoms with E-state index in [1.807, 2.05) is 0 Å². The van der Waals surface area contributed by atoms with E-state index >= 15 is 0 Å². The van der Waals surface area contributed by atoms with Crippen LogP contribution < -0.4 is 32.1 Å². The molecule has 2 aromatic heterocycles. The highest BCUT2D eigenvalue weighted by Gasteiger charge is 2.47. The van der Waals surface area contributed by atoms with Gasteiger partial charge in [-0.25, -0.2) is 17.6 Å². The molecule has 0 radical (unpaired) electrons. The number of hydrogen-bond donors (Lipinski definition) is 6. The first-order chi connectivity index (χ1) is 31.3. The van der Waals surface area contributed by atoms with Crippen molar-refractivity contribution in [2.24, 2.45) is 0 Å². The van der Waals surface area contributed by atoms with Crippen LogP contribution in [0.2, 0.25) is 0 Å². The monoisotopic (exact) mass is 920 g/mol. The van der Waals surface area contributed by atoms with Crippen molar-refractivity contribution in [3.63, 3.8) is 0 Å². The lowest BCUT2D eigenvalue weighted by Crippen LogP contribution is -2.44. The average molecular weight is 921 g/mol. The second kappa shape index (κ2) is 18.2. The molecule has 4 aliphatic rings. The van der Waals surface area contributed by atoms with Gasteiger partial charge in [0.2, 0.25) is 22.7 Å². The molecule has 0 unspecified atom stereocenters. The van der Waals surface area contributed by atoms with Crippen molar-refractivity contribution in [2.75, 3.05) is 26.2 Å². The van der Waals surface area contributed by atoms with Gasteiger partial charge >= 0.3 is 0 Å². The first-order valence-corrected chi connectivity index (χ1v) is 20.9. The van der Waals surface area contributed by atoms with Crippen LogP contribution in [0.5, 0.6) is 11.5 Å². The fourth-order valence-electron chi connectivity index (χ4n) is 9.10. The van der Waals surface area contributed by atoms with Gasteiger partial charge in [0.15, 0.2) is 22.9 Å². The number of nitrogens with zero attached hydrogens (tertiary/aromatic N) is 4. The summed E-state index contributed by atoms with van der Waals surface area (Å²) in [5.41, 5.74) is -3.20. The fraction of sp³-hybridized carbons (Fsp3) is 0.364. The maximum Gasteiger partial charge on any atom is 0.274 e. The number of halogens is 4. The van der Waals surface area contributed by atoms with Gasteiger partial charge in [-0.3, -0.25) is 38.4 Å². The molecule has 0 saturated carbocycles. The Hall–Kier alpha value is -7.52. The van der Waals surface area contributed by atoms with Gasteiger partial charge in [-0.1, -0.05) is 12.1 Å². The van der Waals surface area contributed by atoms with Crippen molar-refractivity contribution in [3.8, 4) is 11.5 Å². The molecule has 4 aromatic rings. The third-order valence-corrected chi connectivity index (χ3v) is 12.0. The molecule has 22 heteroatoms. The minimum atomic E-state index is -1.06. The summed E-state index contributed by atoms with van der Waals surface area (Å²) < 4.78 is 57.1. The molecule has 66 heavy (non-hydrogen) atoms. The van der Waals surface area contributed by atoms with E-state index in [1.54, 1.807) is 13.8 Å². The SMILES string of the molecule is CCN1C[C@@H]2C[C@@H](NC(C)=O)c3c(C(=O)NCc4ccc(F)cc4F)c(=O)c(O)c(n32)C1=O.CCN1C[C@@H]2C[C@H](NC(C)=O)c3c(C(=O)NCc4ccc(F)cc4F)c(=O)c(O)c(n32)C1=O. The minimum Gasteiger partial charge on any atom is -0.503 e. The molecule has 8 rings (SSSR count). The van der Waals surface area contributed by atoms with Crippen LogP contribution in [-0.2, 0) is 22.7 Å². The number of benzene rings is 2. The van der Waals surface area contributed by atoms with Crippen molar-refractivity contribution in [3.05, 3.63) is 125 Å². The van der Waals surface area contributed by atoms with Gasteiger partial charge in [-0.2, -0.15) is 0 Å². The van der Waals surface area contributed by atoms with Gasteiger partial charge in [0.1, 0.15) is 34.4 Å². The molecule has 348 valence electrons. The molecule has 6 amide bonds. The number of pyridine rings is 2. The zero-order valence-electron chi connectivity index (χ0n) is 35.9. The third-order valence-electron chi connectivity index (χ3n) is 12.0. The van der Waals surface area contributed by atoms with Crippen LogP contribution in [0.25, 0.3) is 0 Å². The molecule has 0 bridgehead atoms. The summed E-state index contributed by atoms with van der Waals surface area (Å²) in [7, 11) is 0. The fourth-order valence-corrected chi connectivity index (χ4v) is 9.10. The summed E-state index contributed by atoms with van der Waals surface area (Å²) in [6.07, 6.45) is 0.623. The maximum atomic E-state index is 14.0. The largest absolute Gasteiger partial charge is 0.503 e. The van der Waals surface area contributed by atoms with Gasteiger partial charge in [0.25, 0.3) is 23.6 Å². The first kappa shape index (κ1) is 46.5. The van der Waals surface area contributed by atoms with E-state index in [0.29, 0.717) is 38.1 Å². The summed E-state index contributed by atoms with van der Waals surface area (Å²) in [6, 6.07) is 3.52. The van der Waals surface area contributed by atoms with Crippen LogP contribution in [-0.4, -0.2) is 90.8 Å². The Balaban J connectivity index is 0.000000196. The van der Waals surface area contributed by atoms with Crippen LogP contribution >= 0.6 is 0 Å². The Kier molecular flexibility index (Phi) is 12.8. The lowest BCUT2D eigenvalue weighted by Gasteiger charge is -2.33. The number of likely N-dealkylation sites (N-methyl/N-ethyl adjacent to an activating group) is 2. The Labute approximate surface area is 372 Å². The van der Waals surface area contributed by atoms with E-state index in [9.17, 15) is 66.1 Å². The van der Waals surface area contributed by atoms with Crippen molar-refractivity contribution in [1.82, 2.24) is 40.2 Å². The highest BCUT2D eigenvalue weighted by atomic mass is 19.1. The Morgan fingerprint density at radius 2 is 0.985 bits per heavy atom. The Morgan fingerprint density at radius 3 is 1.30 bits per heavy atom. The van der Waals surface area contributed by atoms with E-state index in [-0.39, 0.29) is 72.2 Å². The van der Waals surface area contributed by atoms with E-state index in [2.05, 4.69) is 21.3 Å². The molecule has 0 saturated heterocycles. The molecule has 0 aliphatic carbocycles. The average Bonchev–Trinajstić information content (AvgIpc) is 3.78. The number of amides is 6. The third kappa shape index (κ3) is 8.33. The summed E-state index contributed by atoms with van der Waals surface area (Å²) >= 11 is 0. The number of carbonyl (C=O) groups excluding carboxylic acids is 6. The van der Waals surface area contributed by atoms with Crippen LogP contribution in [0.15, 0.2) is 46.0 Å². The quantitative estimate of drug-likeness (QED) is 0.127. The molecule has 6 N–H and O–H groups in total. The molecule has 6 heterocycles. The van der Waals surface area contributed by atoms with Crippen molar-refractivity contribution < 1.29 is 56.5 Å². The topological polar surface area (TPSA) is 241 Å². The van der Waals surface area contributed by atoms with E-state index in [4.69, 9.17) is 0 Å². The van der Waals surface area contributed by atoms with Crippen LogP contribution in [0.3, 0.4) is 0 Å². The predicted molar refractivity (Wildman–Crippen MR) is 223 cm³/mol. The van der Waals surface area contributed by atoms with Crippen molar-refractivity contribution >= 4 is 35.4 Å². The molecule has 18 nitrogen and oxygen atoms in total. The molecule has 2 aromatic carbocycles. The van der Waals surface area contributed by atoms with E-state index in [1.165, 1.54) is 32.8 Å². The molecule has 0 fully saturated rings. The van der Waals surface area contributed by atoms with Gasteiger partial charge in [-0.15, -0.1) is 0 Å². The summed E-state index contributed by atoms with van der Waals surface area (Å²) in [4.78, 5) is 105. The molecule has 4 atom stereocenters. The maximum absolute atomic E-state index is 14.0. The van der Waals surface area contributed by atoms with Gasteiger partial charge in [0, 0.05) is 76.4 Å². The Bertz CT molecular complexity index is 2680. The Morgan fingerprint density at radius 1 is 0.621 bits per heavy atom. The normalized spacial score (nSPS) is 18.8. The van der Waals surface area contributed by atoms with Crippen molar-refractivity contribution in [1.29, 1.82) is 0 Å². The number of carbonyl (C=O) groups is 6. The lowest BCUT2D eigenvalue weighted by molar-refractivity contribution is -0.120. The molecule has 4 aliphatic heterocycles. The van der Waals surface area contributed by atoms with Gasteiger partial charge in [-0.05, 0) is 38.8 Å². The summed E-state index contributed by atoms with van der Waals surface area (Å²) in [5.74, 6) is -8.70. The van der Waals surface area contributed by atoms with E-state index in [0.717, 1.165) is 24.3 Å².